The molecular formula is C38H38S2. The van der Waals surface area contributed by atoms with Gasteiger partial charge in [-0.05, 0) is 78.3 Å². The van der Waals surface area contributed by atoms with E-state index in [1.165, 1.54) is 65.5 Å². The molecule has 2 heteroatoms. The second-order valence-electron chi connectivity index (χ2n) is 14.1. The van der Waals surface area contributed by atoms with E-state index in [2.05, 4.69) is 139 Å². The molecule has 4 aliphatic carbocycles. The summed E-state index contributed by atoms with van der Waals surface area (Å²) in [5.74, 6) is 0. The molecule has 0 fully saturated rings. The van der Waals surface area contributed by atoms with E-state index < -0.39 is 0 Å². The summed E-state index contributed by atoms with van der Waals surface area (Å²) in [5.41, 5.74) is 14.0. The van der Waals surface area contributed by atoms with Crippen molar-refractivity contribution >= 4 is 45.0 Å². The molecule has 3 aromatic rings. The van der Waals surface area contributed by atoms with E-state index in [-0.39, 0.29) is 21.7 Å². The number of rotatable bonds is 2. The van der Waals surface area contributed by atoms with Crippen LogP contribution in [0.5, 0.6) is 0 Å². The first-order valence-electron chi connectivity index (χ1n) is 14.4. The monoisotopic (exact) mass is 558 g/mol. The largest absolute Gasteiger partial charge is 0.144 e. The highest BCUT2D eigenvalue weighted by Crippen LogP contribution is 2.74. The third-order valence-corrected chi connectivity index (χ3v) is 11.7. The fourth-order valence-corrected chi connectivity index (χ4v) is 9.01. The van der Waals surface area contributed by atoms with Crippen LogP contribution in [-0.2, 0) is 0 Å². The van der Waals surface area contributed by atoms with E-state index >= 15 is 0 Å². The molecule has 0 amide bonds. The number of benzene rings is 1. The standard InChI is InChI=1S/C38H38S2/c1-35(2,3)23-19-27-25-13-9-10-14-26(25)28-20-24(36(4,5)6)22-30-34(32-16-12-18-40-32)33(31-15-11-17-39-31)29(21-23)37(27,7)38(28,30)8/h9-22H,1-8H3/t37-,38-/m1/s1. The Kier molecular flexibility index (Phi) is 5.40. The van der Waals surface area contributed by atoms with Gasteiger partial charge in [0.25, 0.3) is 0 Å². The van der Waals surface area contributed by atoms with Crippen LogP contribution >= 0.6 is 22.7 Å². The number of hydrogen-bond acceptors (Lipinski definition) is 2. The first kappa shape index (κ1) is 26.0. The topological polar surface area (TPSA) is 0 Å². The van der Waals surface area contributed by atoms with Crippen LogP contribution in [0.4, 0.5) is 0 Å². The van der Waals surface area contributed by atoms with Crippen LogP contribution < -0.4 is 0 Å². The minimum atomic E-state index is -0.211. The first-order chi connectivity index (χ1) is 18.9. The van der Waals surface area contributed by atoms with Gasteiger partial charge in [0, 0.05) is 31.7 Å². The molecule has 40 heavy (non-hydrogen) atoms. The molecule has 0 spiro atoms. The van der Waals surface area contributed by atoms with Crippen molar-refractivity contribution in [2.75, 3.05) is 0 Å². The maximum atomic E-state index is 2.57. The third kappa shape index (κ3) is 3.30. The lowest BCUT2D eigenvalue weighted by Crippen LogP contribution is -2.49. The molecule has 0 unspecified atom stereocenters. The van der Waals surface area contributed by atoms with Crippen molar-refractivity contribution in [3.05, 3.63) is 127 Å². The molecule has 0 aliphatic heterocycles. The fraction of sp³-hybridized carbons (Fsp3) is 0.316. The average molecular weight is 559 g/mol. The Morgan fingerprint density at radius 1 is 0.525 bits per heavy atom. The maximum absolute atomic E-state index is 2.57. The summed E-state index contributed by atoms with van der Waals surface area (Å²) < 4.78 is 0. The molecule has 1 aromatic carbocycles. The van der Waals surface area contributed by atoms with Gasteiger partial charge in [-0.25, -0.2) is 0 Å². The summed E-state index contributed by atoms with van der Waals surface area (Å²) >= 11 is 3.74. The van der Waals surface area contributed by atoms with Crippen LogP contribution in [0, 0.1) is 21.7 Å². The van der Waals surface area contributed by atoms with E-state index in [0.717, 1.165) is 0 Å². The van der Waals surface area contributed by atoms with Gasteiger partial charge in [-0.3, -0.25) is 0 Å². The summed E-state index contributed by atoms with van der Waals surface area (Å²) in [6.07, 6.45) is 10.2. The maximum Gasteiger partial charge on any atom is 0.0352 e. The molecule has 2 atom stereocenters. The molecule has 0 nitrogen and oxygen atoms in total. The normalized spacial score (nSPS) is 25.6. The quantitative estimate of drug-likeness (QED) is 0.293. The molecule has 0 radical (unpaired) electrons. The Morgan fingerprint density at radius 3 is 1.25 bits per heavy atom. The first-order valence-corrected chi connectivity index (χ1v) is 16.2. The molecule has 0 N–H and O–H groups in total. The summed E-state index contributed by atoms with van der Waals surface area (Å²) in [6.45, 7) is 19.2. The summed E-state index contributed by atoms with van der Waals surface area (Å²) in [5, 5.41) is 4.48. The highest BCUT2D eigenvalue weighted by atomic mass is 32.1. The molecule has 4 aliphatic rings. The Hall–Kier alpha value is -2.94. The van der Waals surface area contributed by atoms with Crippen LogP contribution in [0.3, 0.4) is 0 Å². The van der Waals surface area contributed by atoms with Crippen LogP contribution in [0.1, 0.15) is 76.3 Å². The zero-order valence-electron chi connectivity index (χ0n) is 24.9. The Morgan fingerprint density at radius 2 is 0.925 bits per heavy atom. The van der Waals surface area contributed by atoms with Crippen LogP contribution in [0.15, 0.2) is 106 Å². The Labute approximate surface area is 247 Å². The molecule has 2 heterocycles. The Bertz CT molecular complexity index is 1610. The van der Waals surface area contributed by atoms with Gasteiger partial charge in [-0.2, -0.15) is 0 Å². The van der Waals surface area contributed by atoms with Gasteiger partial charge in [-0.1, -0.05) is 116 Å². The molecule has 0 bridgehead atoms. The molecule has 7 rings (SSSR count). The molecular weight excluding hydrogens is 521 g/mol. The van der Waals surface area contributed by atoms with E-state index in [1.807, 2.05) is 22.7 Å². The second-order valence-corrected chi connectivity index (χ2v) is 16.0. The smallest absolute Gasteiger partial charge is 0.0352 e. The van der Waals surface area contributed by atoms with Crippen molar-refractivity contribution in [3.63, 3.8) is 0 Å². The lowest BCUT2D eigenvalue weighted by atomic mass is 9.41. The van der Waals surface area contributed by atoms with E-state index in [4.69, 9.17) is 0 Å². The van der Waals surface area contributed by atoms with Crippen LogP contribution in [0.25, 0.3) is 22.3 Å². The van der Waals surface area contributed by atoms with Gasteiger partial charge in [0.05, 0.1) is 0 Å². The predicted octanol–water partition coefficient (Wildman–Crippen LogP) is 11.5. The van der Waals surface area contributed by atoms with Crippen LogP contribution in [-0.4, -0.2) is 0 Å². The molecule has 0 saturated heterocycles. The van der Waals surface area contributed by atoms with Crippen molar-refractivity contribution in [2.24, 2.45) is 21.7 Å². The minimum Gasteiger partial charge on any atom is -0.144 e. The lowest BCUT2D eigenvalue weighted by Gasteiger charge is -2.61. The van der Waals surface area contributed by atoms with Crippen molar-refractivity contribution in [1.82, 2.24) is 0 Å². The molecule has 2 aromatic heterocycles. The minimum absolute atomic E-state index is 0.0345. The van der Waals surface area contributed by atoms with E-state index in [0.29, 0.717) is 0 Å². The number of thiophene rings is 2. The van der Waals surface area contributed by atoms with E-state index in [1.54, 1.807) is 0 Å². The zero-order chi connectivity index (χ0) is 28.2. The van der Waals surface area contributed by atoms with Gasteiger partial charge >= 0.3 is 0 Å². The number of hydrogen-bond donors (Lipinski definition) is 0. The molecule has 0 saturated carbocycles. The van der Waals surface area contributed by atoms with Gasteiger partial charge in [-0.15, -0.1) is 22.7 Å². The summed E-state index contributed by atoms with van der Waals surface area (Å²) in [6, 6.07) is 18.3. The van der Waals surface area contributed by atoms with Gasteiger partial charge in [0.15, 0.2) is 0 Å². The second kappa shape index (κ2) is 8.30. The predicted molar refractivity (Wildman–Crippen MR) is 176 cm³/mol. The third-order valence-electron chi connectivity index (χ3n) is 9.92. The van der Waals surface area contributed by atoms with Crippen molar-refractivity contribution in [1.29, 1.82) is 0 Å². The van der Waals surface area contributed by atoms with Crippen molar-refractivity contribution < 1.29 is 0 Å². The highest BCUT2D eigenvalue weighted by molar-refractivity contribution is 7.12. The van der Waals surface area contributed by atoms with Gasteiger partial charge in [0.2, 0.25) is 0 Å². The van der Waals surface area contributed by atoms with Crippen molar-refractivity contribution in [3.8, 4) is 0 Å². The van der Waals surface area contributed by atoms with Gasteiger partial charge < -0.3 is 0 Å². The van der Waals surface area contributed by atoms with Crippen molar-refractivity contribution in [2.45, 2.75) is 55.4 Å². The SMILES string of the molecule is CC(C)(C)C1=CC2=C(c3cccs3)C(c3cccs3)=C3C=C(C(C)(C)C)C=C4c5ccccc5C(=C1)[C@@]2(C)[C@]43C. The van der Waals surface area contributed by atoms with Gasteiger partial charge in [0.1, 0.15) is 0 Å². The number of fused-ring (bicyclic) bond motifs is 3. The van der Waals surface area contributed by atoms with E-state index in [9.17, 15) is 0 Å². The average Bonchev–Trinajstić information content (AvgIpc) is 3.61. The molecule has 202 valence electrons. The Balaban J connectivity index is 1.75. The highest BCUT2D eigenvalue weighted by Gasteiger charge is 2.62. The number of allylic oxidation sites excluding steroid dienone is 12. The van der Waals surface area contributed by atoms with Crippen LogP contribution in [0.2, 0.25) is 0 Å². The fourth-order valence-electron chi connectivity index (χ4n) is 7.43. The summed E-state index contributed by atoms with van der Waals surface area (Å²) in [7, 11) is 0. The lowest BCUT2D eigenvalue weighted by molar-refractivity contribution is 0.301. The summed E-state index contributed by atoms with van der Waals surface area (Å²) in [4.78, 5) is 2.72. The zero-order valence-corrected chi connectivity index (χ0v) is 26.5.